The number of hydrogen-bond donors (Lipinski definition) is 2. The van der Waals surface area contributed by atoms with E-state index in [9.17, 15) is 19.7 Å². The molecule has 0 aliphatic carbocycles. The molecule has 0 fully saturated rings. The van der Waals surface area contributed by atoms with Gasteiger partial charge < -0.3 is 15.2 Å². The maximum atomic E-state index is 11.3. The smallest absolute Gasteiger partial charge is 0.408 e. The van der Waals surface area contributed by atoms with Crippen LogP contribution in [0, 0.1) is 10.1 Å². The Labute approximate surface area is 117 Å². The SMILES string of the molecule is C=CCOC(=O)NC(Cc1csc([N+](=O)[O-])c1)C(=O)O. The highest BCUT2D eigenvalue weighted by atomic mass is 32.1. The second kappa shape index (κ2) is 7.24. The normalized spacial score (nSPS) is 11.4. The zero-order valence-electron chi connectivity index (χ0n) is 10.3. The predicted molar refractivity (Wildman–Crippen MR) is 70.8 cm³/mol. The van der Waals surface area contributed by atoms with E-state index >= 15 is 0 Å². The third-order valence-corrected chi connectivity index (χ3v) is 3.11. The van der Waals surface area contributed by atoms with Crippen molar-refractivity contribution in [2.75, 3.05) is 6.61 Å². The Morgan fingerprint density at radius 1 is 1.65 bits per heavy atom. The van der Waals surface area contributed by atoms with Gasteiger partial charge in [0.05, 0.1) is 4.92 Å². The monoisotopic (exact) mass is 300 g/mol. The third-order valence-electron chi connectivity index (χ3n) is 2.18. The fourth-order valence-corrected chi connectivity index (χ4v) is 2.06. The third kappa shape index (κ3) is 4.69. The number of thiophene rings is 1. The van der Waals surface area contributed by atoms with E-state index in [4.69, 9.17) is 5.11 Å². The second-order valence-electron chi connectivity index (χ2n) is 3.68. The molecule has 1 unspecified atom stereocenters. The van der Waals surface area contributed by atoms with Gasteiger partial charge in [0.2, 0.25) is 0 Å². The van der Waals surface area contributed by atoms with Crippen molar-refractivity contribution in [3.63, 3.8) is 0 Å². The summed E-state index contributed by atoms with van der Waals surface area (Å²) in [6, 6.07) is 0.0543. The summed E-state index contributed by atoms with van der Waals surface area (Å²) in [5.41, 5.74) is 0.457. The molecule has 1 rings (SSSR count). The summed E-state index contributed by atoms with van der Waals surface area (Å²) in [6.07, 6.45) is 0.391. The number of amides is 1. The molecule has 1 aromatic heterocycles. The average molecular weight is 300 g/mol. The second-order valence-corrected chi connectivity index (χ2v) is 4.57. The lowest BCUT2D eigenvalue weighted by Gasteiger charge is -2.13. The molecule has 108 valence electrons. The number of nitro groups is 1. The van der Waals surface area contributed by atoms with Gasteiger partial charge in [0.25, 0.3) is 0 Å². The van der Waals surface area contributed by atoms with Gasteiger partial charge in [0, 0.05) is 17.9 Å². The maximum absolute atomic E-state index is 11.3. The molecule has 0 aliphatic rings. The van der Waals surface area contributed by atoms with Crippen LogP contribution in [-0.4, -0.2) is 34.7 Å². The van der Waals surface area contributed by atoms with Crippen LogP contribution in [0.1, 0.15) is 5.56 Å². The standard InChI is InChI=1S/C11H12N2O6S/c1-2-3-19-11(16)12-8(10(14)15)4-7-5-9(13(17)18)20-6-7/h2,5-6,8H,1,3-4H2,(H,12,16)(H,14,15). The summed E-state index contributed by atoms with van der Waals surface area (Å²) in [5, 5.41) is 23.1. The van der Waals surface area contributed by atoms with Crippen molar-refractivity contribution < 1.29 is 24.4 Å². The minimum absolute atomic E-state index is 0.0396. The summed E-state index contributed by atoms with van der Waals surface area (Å²) in [5.74, 6) is -1.26. The number of carboxylic acids is 1. The van der Waals surface area contributed by atoms with Crippen LogP contribution in [-0.2, 0) is 16.0 Å². The maximum Gasteiger partial charge on any atom is 0.408 e. The van der Waals surface area contributed by atoms with Crippen molar-refractivity contribution in [1.82, 2.24) is 5.32 Å². The minimum Gasteiger partial charge on any atom is -0.480 e. The molecule has 0 spiro atoms. The molecule has 0 aliphatic heterocycles. The molecule has 0 aromatic carbocycles. The van der Waals surface area contributed by atoms with E-state index < -0.39 is 23.0 Å². The van der Waals surface area contributed by atoms with E-state index in [0.717, 1.165) is 11.3 Å². The van der Waals surface area contributed by atoms with Crippen LogP contribution in [0.25, 0.3) is 0 Å². The van der Waals surface area contributed by atoms with Crippen molar-refractivity contribution in [3.8, 4) is 0 Å². The number of hydrogen-bond acceptors (Lipinski definition) is 6. The Kier molecular flexibility index (Phi) is 5.66. The number of carboxylic acid groups (broad SMARTS) is 1. The fourth-order valence-electron chi connectivity index (χ4n) is 1.32. The van der Waals surface area contributed by atoms with Crippen LogP contribution in [0.5, 0.6) is 0 Å². The zero-order chi connectivity index (χ0) is 15.1. The molecule has 0 saturated carbocycles. The lowest BCUT2D eigenvalue weighted by molar-refractivity contribution is -0.380. The van der Waals surface area contributed by atoms with Gasteiger partial charge in [-0.2, -0.15) is 0 Å². The van der Waals surface area contributed by atoms with Crippen molar-refractivity contribution in [1.29, 1.82) is 0 Å². The number of nitrogens with one attached hydrogen (secondary N) is 1. The van der Waals surface area contributed by atoms with Crippen molar-refractivity contribution in [2.45, 2.75) is 12.5 Å². The summed E-state index contributed by atoms with van der Waals surface area (Å²) >= 11 is 0.895. The molecule has 0 saturated heterocycles. The first-order chi connectivity index (χ1) is 9.43. The van der Waals surface area contributed by atoms with Crippen LogP contribution in [0.15, 0.2) is 24.1 Å². The van der Waals surface area contributed by atoms with Gasteiger partial charge in [0.1, 0.15) is 12.6 Å². The fraction of sp³-hybridized carbons (Fsp3) is 0.273. The van der Waals surface area contributed by atoms with Crippen LogP contribution >= 0.6 is 11.3 Å². The Morgan fingerprint density at radius 3 is 2.85 bits per heavy atom. The first-order valence-electron chi connectivity index (χ1n) is 5.42. The number of carbonyl (C=O) groups is 2. The number of alkyl carbamates (subject to hydrolysis) is 1. The molecule has 1 heterocycles. The largest absolute Gasteiger partial charge is 0.480 e. The lowest BCUT2D eigenvalue weighted by Crippen LogP contribution is -2.42. The highest BCUT2D eigenvalue weighted by Crippen LogP contribution is 2.23. The first-order valence-corrected chi connectivity index (χ1v) is 6.30. The summed E-state index contributed by atoms with van der Waals surface area (Å²) in [7, 11) is 0. The van der Waals surface area contributed by atoms with Crippen LogP contribution < -0.4 is 5.32 Å². The van der Waals surface area contributed by atoms with Crippen LogP contribution in [0.4, 0.5) is 9.80 Å². The van der Waals surface area contributed by atoms with Crippen LogP contribution in [0.2, 0.25) is 0 Å². The van der Waals surface area contributed by atoms with Gasteiger partial charge in [-0.25, -0.2) is 9.59 Å². The van der Waals surface area contributed by atoms with Crippen molar-refractivity contribution >= 4 is 28.4 Å². The Balaban J connectivity index is 2.66. The molecule has 1 amide bonds. The molecule has 20 heavy (non-hydrogen) atoms. The highest BCUT2D eigenvalue weighted by molar-refractivity contribution is 7.13. The Morgan fingerprint density at radius 2 is 2.35 bits per heavy atom. The zero-order valence-corrected chi connectivity index (χ0v) is 11.1. The van der Waals surface area contributed by atoms with Crippen molar-refractivity contribution in [2.24, 2.45) is 0 Å². The van der Waals surface area contributed by atoms with E-state index in [-0.39, 0.29) is 18.0 Å². The quantitative estimate of drug-likeness (QED) is 0.448. The van der Waals surface area contributed by atoms with E-state index in [1.54, 1.807) is 0 Å². The molecule has 9 heteroatoms. The topological polar surface area (TPSA) is 119 Å². The summed E-state index contributed by atoms with van der Waals surface area (Å²) in [6.45, 7) is 3.31. The molecule has 1 atom stereocenters. The number of ether oxygens (including phenoxy) is 1. The van der Waals surface area contributed by atoms with Gasteiger partial charge in [-0.1, -0.05) is 24.0 Å². The number of rotatable bonds is 7. The molecule has 0 bridgehead atoms. The molecule has 8 nitrogen and oxygen atoms in total. The van der Waals surface area contributed by atoms with Gasteiger partial charge in [0.15, 0.2) is 0 Å². The highest BCUT2D eigenvalue weighted by Gasteiger charge is 2.22. The van der Waals surface area contributed by atoms with E-state index in [1.807, 2.05) is 0 Å². The van der Waals surface area contributed by atoms with Gasteiger partial charge in [-0.15, -0.1) is 0 Å². The summed E-state index contributed by atoms with van der Waals surface area (Å²) < 4.78 is 4.62. The molecular formula is C11H12N2O6S. The number of aliphatic carboxylic acids is 1. The number of nitrogens with zero attached hydrogens (tertiary/aromatic N) is 1. The predicted octanol–water partition coefficient (Wildman–Crippen LogP) is 1.56. The first kappa shape index (κ1) is 15.6. The van der Waals surface area contributed by atoms with E-state index in [0.29, 0.717) is 5.56 Å². The number of carbonyl (C=O) groups excluding carboxylic acids is 1. The van der Waals surface area contributed by atoms with E-state index in [2.05, 4.69) is 16.6 Å². The summed E-state index contributed by atoms with van der Waals surface area (Å²) in [4.78, 5) is 32.3. The van der Waals surface area contributed by atoms with Gasteiger partial charge >= 0.3 is 17.1 Å². The average Bonchev–Trinajstić information content (AvgIpc) is 2.84. The molecule has 0 radical (unpaired) electrons. The lowest BCUT2D eigenvalue weighted by atomic mass is 10.1. The van der Waals surface area contributed by atoms with Crippen molar-refractivity contribution in [3.05, 3.63) is 39.8 Å². The molecule has 2 N–H and O–H groups in total. The van der Waals surface area contributed by atoms with Gasteiger partial charge in [-0.05, 0) is 5.56 Å². The molecular weight excluding hydrogens is 288 g/mol. The Hall–Kier alpha value is -2.42. The van der Waals surface area contributed by atoms with E-state index in [1.165, 1.54) is 17.5 Å². The van der Waals surface area contributed by atoms with Gasteiger partial charge in [-0.3, -0.25) is 10.1 Å². The molecule has 1 aromatic rings. The van der Waals surface area contributed by atoms with Crippen LogP contribution in [0.3, 0.4) is 0 Å². The minimum atomic E-state index is -1.26. The Bertz CT molecular complexity index is 527.